The number of hydrogen-bond donors (Lipinski definition) is 2. The maximum Gasteiger partial charge on any atom is 0.240 e. The van der Waals surface area contributed by atoms with Crippen molar-refractivity contribution < 1.29 is 13.2 Å². The van der Waals surface area contributed by atoms with Crippen LogP contribution in [0.5, 0.6) is 0 Å². The van der Waals surface area contributed by atoms with E-state index in [9.17, 15) is 13.2 Å². The molecule has 16 heavy (non-hydrogen) atoms. The van der Waals surface area contributed by atoms with E-state index in [1.165, 1.54) is 24.3 Å². The summed E-state index contributed by atoms with van der Waals surface area (Å²) in [6.45, 7) is 1.57. The quantitative estimate of drug-likeness (QED) is 0.801. The lowest BCUT2D eigenvalue weighted by molar-refractivity contribution is -0.117. The van der Waals surface area contributed by atoms with E-state index in [1.807, 2.05) is 0 Å². The van der Waals surface area contributed by atoms with Crippen LogP contribution in [0.2, 0.25) is 0 Å². The Labute approximate surface area is 94.6 Å². The van der Waals surface area contributed by atoms with Crippen molar-refractivity contribution in [3.63, 3.8) is 0 Å². The molecule has 0 aliphatic carbocycles. The van der Waals surface area contributed by atoms with E-state index in [0.717, 1.165) is 6.26 Å². The van der Waals surface area contributed by atoms with Crippen molar-refractivity contribution in [2.45, 2.75) is 17.9 Å². The van der Waals surface area contributed by atoms with E-state index >= 15 is 0 Å². The van der Waals surface area contributed by atoms with Crippen LogP contribution in [0.1, 0.15) is 6.92 Å². The average molecular weight is 242 g/mol. The minimum Gasteiger partial charge on any atom is -0.325 e. The lowest BCUT2D eigenvalue weighted by Crippen LogP contribution is -2.32. The molecule has 88 valence electrons. The van der Waals surface area contributed by atoms with E-state index in [-0.39, 0.29) is 10.8 Å². The zero-order chi connectivity index (χ0) is 12.3. The van der Waals surface area contributed by atoms with Crippen LogP contribution >= 0.6 is 0 Å². The van der Waals surface area contributed by atoms with Gasteiger partial charge in [0.1, 0.15) is 0 Å². The molecule has 0 aliphatic heterocycles. The Hall–Kier alpha value is -1.40. The summed E-state index contributed by atoms with van der Waals surface area (Å²) in [7, 11) is -3.20. The average Bonchev–Trinajstić information content (AvgIpc) is 2.17. The van der Waals surface area contributed by atoms with E-state index in [2.05, 4.69) is 5.32 Å². The lowest BCUT2D eigenvalue weighted by atomic mass is 10.3. The van der Waals surface area contributed by atoms with Gasteiger partial charge in [0.15, 0.2) is 9.84 Å². The van der Waals surface area contributed by atoms with Crippen LogP contribution < -0.4 is 11.1 Å². The highest BCUT2D eigenvalue weighted by molar-refractivity contribution is 7.90. The third-order valence-electron chi connectivity index (χ3n) is 1.96. The zero-order valence-electron chi connectivity index (χ0n) is 9.10. The molecule has 0 unspecified atom stereocenters. The van der Waals surface area contributed by atoms with Crippen LogP contribution in [0.15, 0.2) is 29.2 Å². The minimum atomic E-state index is -3.20. The number of carbonyl (C=O) groups excluding carboxylic acids is 1. The maximum absolute atomic E-state index is 11.2. The normalized spacial score (nSPS) is 13.2. The Morgan fingerprint density at radius 3 is 2.19 bits per heavy atom. The summed E-state index contributed by atoms with van der Waals surface area (Å²) in [4.78, 5) is 11.5. The summed E-state index contributed by atoms with van der Waals surface area (Å²) in [5.41, 5.74) is 5.90. The van der Waals surface area contributed by atoms with Gasteiger partial charge in [0, 0.05) is 11.9 Å². The molecular weight excluding hydrogens is 228 g/mol. The topological polar surface area (TPSA) is 89.3 Å². The highest BCUT2D eigenvalue weighted by Gasteiger charge is 2.09. The van der Waals surface area contributed by atoms with Gasteiger partial charge in [-0.25, -0.2) is 8.42 Å². The van der Waals surface area contributed by atoms with Gasteiger partial charge in [-0.15, -0.1) is 0 Å². The molecule has 0 aromatic heterocycles. The molecule has 5 nitrogen and oxygen atoms in total. The Balaban J connectivity index is 2.84. The molecule has 0 fully saturated rings. The van der Waals surface area contributed by atoms with E-state index in [1.54, 1.807) is 6.92 Å². The molecule has 0 heterocycles. The first-order chi connectivity index (χ1) is 7.30. The third kappa shape index (κ3) is 3.32. The van der Waals surface area contributed by atoms with Gasteiger partial charge in [-0.1, -0.05) is 0 Å². The van der Waals surface area contributed by atoms with Crippen molar-refractivity contribution in [3.05, 3.63) is 24.3 Å². The molecule has 0 saturated heterocycles. The molecule has 1 aromatic carbocycles. The van der Waals surface area contributed by atoms with Crippen LogP contribution in [-0.4, -0.2) is 26.6 Å². The number of carbonyl (C=O) groups is 1. The second-order valence-corrected chi connectivity index (χ2v) is 5.59. The molecule has 1 aromatic rings. The number of amides is 1. The van der Waals surface area contributed by atoms with Gasteiger partial charge in [-0.2, -0.15) is 0 Å². The lowest BCUT2D eigenvalue weighted by Gasteiger charge is -2.07. The molecule has 6 heteroatoms. The number of rotatable bonds is 3. The Bertz CT molecular complexity index is 477. The first-order valence-electron chi connectivity index (χ1n) is 4.67. The van der Waals surface area contributed by atoms with Crippen LogP contribution in [-0.2, 0) is 14.6 Å². The fourth-order valence-electron chi connectivity index (χ4n) is 1.04. The Morgan fingerprint density at radius 2 is 1.81 bits per heavy atom. The molecule has 0 saturated carbocycles. The Kier molecular flexibility index (Phi) is 3.66. The van der Waals surface area contributed by atoms with Crippen molar-refractivity contribution in [3.8, 4) is 0 Å². The van der Waals surface area contributed by atoms with Crippen molar-refractivity contribution in [1.29, 1.82) is 0 Å². The number of hydrogen-bond acceptors (Lipinski definition) is 4. The molecule has 3 N–H and O–H groups in total. The second-order valence-electron chi connectivity index (χ2n) is 3.57. The number of benzene rings is 1. The van der Waals surface area contributed by atoms with Gasteiger partial charge in [-0.05, 0) is 31.2 Å². The van der Waals surface area contributed by atoms with E-state index in [4.69, 9.17) is 5.73 Å². The smallest absolute Gasteiger partial charge is 0.240 e. The molecule has 1 amide bonds. The monoisotopic (exact) mass is 242 g/mol. The first-order valence-corrected chi connectivity index (χ1v) is 6.56. The van der Waals surface area contributed by atoms with Crippen molar-refractivity contribution >= 4 is 21.4 Å². The SMILES string of the molecule is C[C@@H](N)C(=O)Nc1ccc(S(C)(=O)=O)cc1. The number of nitrogens with one attached hydrogen (secondary N) is 1. The van der Waals surface area contributed by atoms with Crippen molar-refractivity contribution in [2.75, 3.05) is 11.6 Å². The predicted octanol–water partition coefficient (Wildman–Crippen LogP) is 0.376. The van der Waals surface area contributed by atoms with Crippen LogP contribution in [0.4, 0.5) is 5.69 Å². The predicted molar refractivity (Wildman–Crippen MR) is 61.8 cm³/mol. The summed E-state index contributed by atoms with van der Waals surface area (Å²) >= 11 is 0. The van der Waals surface area contributed by atoms with Crippen LogP contribution in [0, 0.1) is 0 Å². The van der Waals surface area contributed by atoms with Gasteiger partial charge in [0.05, 0.1) is 10.9 Å². The first kappa shape index (κ1) is 12.7. The second kappa shape index (κ2) is 4.63. The minimum absolute atomic E-state index is 0.214. The zero-order valence-corrected chi connectivity index (χ0v) is 9.91. The Morgan fingerprint density at radius 1 is 1.31 bits per heavy atom. The summed E-state index contributed by atoms with van der Waals surface area (Å²) < 4.78 is 22.3. The highest BCUT2D eigenvalue weighted by Crippen LogP contribution is 2.13. The molecule has 0 bridgehead atoms. The van der Waals surface area contributed by atoms with Crippen LogP contribution in [0.25, 0.3) is 0 Å². The highest BCUT2D eigenvalue weighted by atomic mass is 32.2. The van der Waals surface area contributed by atoms with Gasteiger partial charge >= 0.3 is 0 Å². The van der Waals surface area contributed by atoms with Gasteiger partial charge < -0.3 is 11.1 Å². The fourth-order valence-corrected chi connectivity index (χ4v) is 1.67. The molecule has 0 radical (unpaired) electrons. The number of anilines is 1. The van der Waals surface area contributed by atoms with Crippen molar-refractivity contribution in [1.82, 2.24) is 0 Å². The van der Waals surface area contributed by atoms with Crippen LogP contribution in [0.3, 0.4) is 0 Å². The summed E-state index contributed by atoms with van der Waals surface area (Å²) in [5.74, 6) is -0.313. The van der Waals surface area contributed by atoms with E-state index < -0.39 is 15.9 Å². The van der Waals surface area contributed by atoms with Gasteiger partial charge in [-0.3, -0.25) is 4.79 Å². The van der Waals surface area contributed by atoms with Crippen molar-refractivity contribution in [2.24, 2.45) is 5.73 Å². The molecule has 1 rings (SSSR count). The summed E-state index contributed by atoms with van der Waals surface area (Å²) in [5, 5.41) is 2.56. The molecular formula is C10H14N2O3S. The number of nitrogens with two attached hydrogens (primary N) is 1. The third-order valence-corrected chi connectivity index (χ3v) is 3.09. The van der Waals surface area contributed by atoms with E-state index in [0.29, 0.717) is 5.69 Å². The summed E-state index contributed by atoms with van der Waals surface area (Å²) in [6.07, 6.45) is 1.13. The van der Waals surface area contributed by atoms with Gasteiger partial charge in [0.2, 0.25) is 5.91 Å². The number of sulfone groups is 1. The largest absolute Gasteiger partial charge is 0.325 e. The fraction of sp³-hybridized carbons (Fsp3) is 0.300. The maximum atomic E-state index is 11.2. The van der Waals surface area contributed by atoms with Gasteiger partial charge in [0.25, 0.3) is 0 Å². The molecule has 0 aliphatic rings. The molecule has 1 atom stereocenters. The molecule has 0 spiro atoms. The standard InChI is InChI=1S/C10H14N2O3S/c1-7(11)10(13)12-8-3-5-9(6-4-8)16(2,14)15/h3-7H,11H2,1-2H3,(H,12,13)/t7-/m1/s1. The summed E-state index contributed by atoms with van der Waals surface area (Å²) in [6, 6.07) is 5.32.